The van der Waals surface area contributed by atoms with Gasteiger partial charge in [0.1, 0.15) is 0 Å². The van der Waals surface area contributed by atoms with E-state index >= 15 is 0 Å². The van der Waals surface area contributed by atoms with Gasteiger partial charge in [-0.2, -0.15) is 5.01 Å². The molecular formula is C12H19N3O7. The van der Waals surface area contributed by atoms with Crippen LogP contribution in [0.4, 0.5) is 0 Å². The van der Waals surface area contributed by atoms with E-state index in [0.29, 0.717) is 12.5 Å². The Morgan fingerprint density at radius 3 is 1.95 bits per heavy atom. The van der Waals surface area contributed by atoms with Crippen molar-refractivity contribution in [1.29, 1.82) is 0 Å². The fraction of sp³-hybridized carbons (Fsp3) is 0.500. The van der Waals surface area contributed by atoms with Gasteiger partial charge in [-0.05, 0) is 31.9 Å². The van der Waals surface area contributed by atoms with Gasteiger partial charge in [-0.15, -0.1) is 0 Å². The number of rotatable bonds is 11. The van der Waals surface area contributed by atoms with Crippen molar-refractivity contribution in [1.82, 2.24) is 5.01 Å². The second-order valence-corrected chi connectivity index (χ2v) is 4.47. The minimum atomic E-state index is -2.54. The Hall–Kier alpha value is -2.30. The molecule has 0 rings (SSSR count). The largest absolute Gasteiger partial charge is 0.480 e. The van der Waals surface area contributed by atoms with E-state index < -0.39 is 41.7 Å². The second kappa shape index (κ2) is 8.22. The van der Waals surface area contributed by atoms with E-state index in [4.69, 9.17) is 21.8 Å². The highest BCUT2D eigenvalue weighted by Gasteiger charge is 2.54. The van der Waals surface area contributed by atoms with Gasteiger partial charge in [0.05, 0.1) is 0 Å². The Labute approximate surface area is 126 Å². The summed E-state index contributed by atoms with van der Waals surface area (Å²) in [6.07, 6.45) is 0.731. The van der Waals surface area contributed by atoms with E-state index in [0.717, 1.165) is 0 Å². The quantitative estimate of drug-likeness (QED) is 0.0977. The first kappa shape index (κ1) is 19.7. The molecule has 0 heterocycles. The number of unbranched alkanes of at least 4 members (excludes halogenated alkanes) is 1. The Balaban J connectivity index is 5.94. The van der Waals surface area contributed by atoms with E-state index in [1.807, 2.05) is 0 Å². The first-order valence-corrected chi connectivity index (χ1v) is 6.26. The summed E-state index contributed by atoms with van der Waals surface area (Å²) >= 11 is 0. The number of carboxylic acids is 3. The summed E-state index contributed by atoms with van der Waals surface area (Å²) in [4.78, 5) is 45.7. The molecule has 0 aromatic heterocycles. The monoisotopic (exact) mass is 317 g/mol. The molecule has 0 saturated heterocycles. The van der Waals surface area contributed by atoms with Gasteiger partial charge in [-0.1, -0.05) is 6.58 Å². The SMILES string of the molecule is C=CC(=O)[C@](CCCCN)(C(=O)O)N(N)C(C(=O)O)C(=O)O. The van der Waals surface area contributed by atoms with Gasteiger partial charge >= 0.3 is 17.9 Å². The first-order chi connectivity index (χ1) is 10.2. The van der Waals surface area contributed by atoms with Gasteiger partial charge in [-0.3, -0.25) is 10.6 Å². The van der Waals surface area contributed by atoms with Crippen LogP contribution in [0.3, 0.4) is 0 Å². The number of aliphatic carboxylic acids is 3. The number of carboxylic acid groups (broad SMARTS) is 3. The maximum absolute atomic E-state index is 12.0. The number of hydrogen-bond acceptors (Lipinski definition) is 7. The summed E-state index contributed by atoms with van der Waals surface area (Å²) in [6.45, 7) is 3.37. The van der Waals surface area contributed by atoms with E-state index in [9.17, 15) is 24.3 Å². The third-order valence-electron chi connectivity index (χ3n) is 3.13. The molecule has 0 spiro atoms. The number of carbonyl (C=O) groups is 4. The van der Waals surface area contributed by atoms with Crippen molar-refractivity contribution < 1.29 is 34.5 Å². The number of nitrogens with two attached hydrogens (primary N) is 2. The highest BCUT2D eigenvalue weighted by Crippen LogP contribution is 2.25. The third-order valence-corrected chi connectivity index (χ3v) is 3.13. The van der Waals surface area contributed by atoms with Crippen LogP contribution in [0, 0.1) is 0 Å². The Morgan fingerprint density at radius 1 is 1.14 bits per heavy atom. The van der Waals surface area contributed by atoms with Crippen LogP contribution >= 0.6 is 0 Å². The number of hydrogen-bond donors (Lipinski definition) is 5. The van der Waals surface area contributed by atoms with Crippen LogP contribution in [0.2, 0.25) is 0 Å². The maximum Gasteiger partial charge on any atom is 0.334 e. The van der Waals surface area contributed by atoms with Crippen molar-refractivity contribution in [3.8, 4) is 0 Å². The van der Waals surface area contributed by atoms with Crippen LogP contribution in [-0.2, 0) is 19.2 Å². The lowest BCUT2D eigenvalue weighted by molar-refractivity contribution is -0.169. The summed E-state index contributed by atoms with van der Waals surface area (Å²) in [5.74, 6) is -1.20. The van der Waals surface area contributed by atoms with Crippen LogP contribution in [0.1, 0.15) is 19.3 Å². The first-order valence-electron chi connectivity index (χ1n) is 6.26. The summed E-state index contributed by atoms with van der Waals surface area (Å²) in [7, 11) is 0. The molecule has 7 N–H and O–H groups in total. The normalized spacial score (nSPS) is 13.6. The molecule has 0 unspecified atom stereocenters. The summed E-state index contributed by atoms with van der Waals surface area (Å²) < 4.78 is 0. The lowest BCUT2D eigenvalue weighted by Gasteiger charge is -2.37. The number of nitrogens with zero attached hydrogens (tertiary/aromatic N) is 1. The molecule has 0 aliphatic rings. The molecule has 0 aliphatic heterocycles. The number of carbonyl (C=O) groups excluding carboxylic acids is 1. The van der Waals surface area contributed by atoms with Gasteiger partial charge in [0, 0.05) is 0 Å². The minimum absolute atomic E-state index is 0.0422. The molecule has 0 fully saturated rings. The lowest BCUT2D eigenvalue weighted by Crippen LogP contribution is -2.69. The molecule has 0 aromatic carbocycles. The fourth-order valence-corrected chi connectivity index (χ4v) is 1.96. The Bertz CT molecular complexity index is 465. The second-order valence-electron chi connectivity index (χ2n) is 4.47. The number of hydrazine groups is 1. The van der Waals surface area contributed by atoms with Crippen molar-refractivity contribution >= 4 is 23.7 Å². The standard InChI is InChI=1S/C12H19N3O7/c1-2-7(16)12(11(21)22,5-3-4-6-13)15(14)8(9(17)18)10(19)20/h2,8H,1,3-6,13-14H2,(H,17,18)(H,19,20)(H,21,22)/t12-/m1/s1. The molecule has 0 radical (unpaired) electrons. The average molecular weight is 317 g/mol. The summed E-state index contributed by atoms with van der Waals surface area (Å²) in [5.41, 5.74) is 2.75. The third kappa shape index (κ3) is 3.87. The zero-order valence-electron chi connectivity index (χ0n) is 11.8. The zero-order chi connectivity index (χ0) is 17.5. The molecular weight excluding hydrogens is 298 g/mol. The highest BCUT2D eigenvalue weighted by molar-refractivity contribution is 6.13. The van der Waals surface area contributed by atoms with Crippen molar-refractivity contribution in [3.05, 3.63) is 12.7 Å². The molecule has 124 valence electrons. The van der Waals surface area contributed by atoms with Gasteiger partial charge < -0.3 is 21.1 Å². The lowest BCUT2D eigenvalue weighted by atomic mass is 9.85. The Kier molecular flexibility index (Phi) is 7.36. The fourth-order valence-electron chi connectivity index (χ4n) is 1.96. The molecule has 10 heteroatoms. The van der Waals surface area contributed by atoms with E-state index in [1.54, 1.807) is 0 Å². The zero-order valence-corrected chi connectivity index (χ0v) is 11.8. The Morgan fingerprint density at radius 2 is 1.64 bits per heavy atom. The van der Waals surface area contributed by atoms with Gasteiger partial charge in [0.15, 0.2) is 11.3 Å². The van der Waals surface area contributed by atoms with E-state index in [2.05, 4.69) is 6.58 Å². The molecule has 0 amide bonds. The van der Waals surface area contributed by atoms with Crippen molar-refractivity contribution in [3.63, 3.8) is 0 Å². The average Bonchev–Trinajstić information content (AvgIpc) is 2.41. The molecule has 0 aromatic rings. The molecule has 10 nitrogen and oxygen atoms in total. The van der Waals surface area contributed by atoms with E-state index in [1.165, 1.54) is 0 Å². The molecule has 0 aliphatic carbocycles. The minimum Gasteiger partial charge on any atom is -0.480 e. The predicted octanol–water partition coefficient (Wildman–Crippen LogP) is -1.59. The molecule has 0 bridgehead atoms. The topological polar surface area (TPSA) is 184 Å². The van der Waals surface area contributed by atoms with Crippen molar-refractivity contribution in [2.75, 3.05) is 6.54 Å². The smallest absolute Gasteiger partial charge is 0.334 e. The van der Waals surface area contributed by atoms with Crippen LogP contribution in [0.15, 0.2) is 12.7 Å². The van der Waals surface area contributed by atoms with Crippen LogP contribution in [0.5, 0.6) is 0 Å². The summed E-state index contributed by atoms with van der Waals surface area (Å²) in [5, 5.41) is 27.3. The predicted molar refractivity (Wildman–Crippen MR) is 73.6 cm³/mol. The van der Waals surface area contributed by atoms with Crippen molar-refractivity contribution in [2.24, 2.45) is 11.6 Å². The van der Waals surface area contributed by atoms with E-state index in [-0.39, 0.29) is 18.0 Å². The van der Waals surface area contributed by atoms with Crippen LogP contribution in [-0.4, -0.2) is 62.1 Å². The van der Waals surface area contributed by atoms with Gasteiger partial charge in [0.25, 0.3) is 0 Å². The summed E-state index contributed by atoms with van der Waals surface area (Å²) in [6, 6.07) is -2.40. The highest BCUT2D eigenvalue weighted by atomic mass is 16.4. The van der Waals surface area contributed by atoms with Crippen LogP contribution < -0.4 is 11.6 Å². The van der Waals surface area contributed by atoms with Gasteiger partial charge in [-0.25, -0.2) is 14.4 Å². The van der Waals surface area contributed by atoms with Crippen LogP contribution in [0.25, 0.3) is 0 Å². The number of ketones is 1. The molecule has 22 heavy (non-hydrogen) atoms. The molecule has 0 saturated carbocycles. The molecule has 1 atom stereocenters. The van der Waals surface area contributed by atoms with Crippen molar-refractivity contribution in [2.45, 2.75) is 30.8 Å². The van der Waals surface area contributed by atoms with Gasteiger partial charge in [0.2, 0.25) is 6.04 Å². The maximum atomic E-state index is 12.0.